The third-order valence-electron chi connectivity index (χ3n) is 4.11. The van der Waals surface area contributed by atoms with Crippen molar-refractivity contribution in [3.63, 3.8) is 0 Å². The number of hydrogen-bond acceptors (Lipinski definition) is 7. The summed E-state index contributed by atoms with van der Waals surface area (Å²) in [7, 11) is 0. The number of H-pyrrole nitrogens is 1. The van der Waals surface area contributed by atoms with Crippen LogP contribution in [0.3, 0.4) is 0 Å². The number of nitriles is 1. The lowest BCUT2D eigenvalue weighted by molar-refractivity contribution is 0.664. The minimum atomic E-state index is 0.109. The Balaban J connectivity index is 1.80. The third kappa shape index (κ3) is 2.59. The molecule has 0 aliphatic rings. The van der Waals surface area contributed by atoms with Gasteiger partial charge in [-0.15, -0.1) is 5.10 Å². The van der Waals surface area contributed by atoms with E-state index < -0.39 is 0 Å². The molecule has 0 spiro atoms. The second kappa shape index (κ2) is 5.86. The largest absolute Gasteiger partial charge is 0.399 e. The van der Waals surface area contributed by atoms with E-state index in [1.165, 1.54) is 0 Å². The molecule has 9 nitrogen and oxygen atoms in total. The van der Waals surface area contributed by atoms with Crippen LogP contribution in [0.15, 0.2) is 30.5 Å². The van der Waals surface area contributed by atoms with Gasteiger partial charge < -0.3 is 16.5 Å². The summed E-state index contributed by atoms with van der Waals surface area (Å²) in [5, 5.41) is 17.4. The van der Waals surface area contributed by atoms with Gasteiger partial charge in [-0.25, -0.2) is 9.67 Å². The van der Waals surface area contributed by atoms with E-state index in [1.807, 2.05) is 25.1 Å². The molecule has 9 heteroatoms. The fourth-order valence-electron chi connectivity index (χ4n) is 2.77. The summed E-state index contributed by atoms with van der Waals surface area (Å²) in [6.07, 6.45) is 1.60. The number of aromatic nitrogens is 6. The van der Waals surface area contributed by atoms with E-state index in [0.29, 0.717) is 34.7 Å². The fourth-order valence-corrected chi connectivity index (χ4v) is 2.77. The van der Waals surface area contributed by atoms with Gasteiger partial charge in [-0.05, 0) is 30.2 Å². The molecule has 4 aromatic rings. The molecule has 0 aliphatic carbocycles. The third-order valence-corrected chi connectivity index (χ3v) is 4.11. The van der Waals surface area contributed by atoms with Crippen molar-refractivity contribution >= 4 is 22.8 Å². The predicted octanol–water partition coefficient (Wildman–Crippen LogP) is 1.61. The second-order valence-corrected chi connectivity index (χ2v) is 5.95. The van der Waals surface area contributed by atoms with Crippen LogP contribution < -0.4 is 11.5 Å². The Bertz CT molecular complexity index is 1160. The second-order valence-electron chi connectivity index (χ2n) is 5.95. The van der Waals surface area contributed by atoms with Crippen LogP contribution >= 0.6 is 0 Å². The van der Waals surface area contributed by atoms with Crippen molar-refractivity contribution in [3.8, 4) is 17.5 Å². The Morgan fingerprint density at radius 3 is 2.81 bits per heavy atom. The molecule has 0 aliphatic heterocycles. The summed E-state index contributed by atoms with van der Waals surface area (Å²) in [5.41, 5.74) is 17.2. The van der Waals surface area contributed by atoms with E-state index in [0.717, 1.165) is 16.8 Å². The molecule has 0 fully saturated rings. The molecule has 0 amide bonds. The van der Waals surface area contributed by atoms with Gasteiger partial charge in [-0.1, -0.05) is 17.3 Å². The number of hydrogen-bond donors (Lipinski definition) is 3. The summed E-state index contributed by atoms with van der Waals surface area (Å²) in [4.78, 5) is 11.6. The van der Waals surface area contributed by atoms with E-state index in [4.69, 9.17) is 16.7 Å². The van der Waals surface area contributed by atoms with Gasteiger partial charge in [0.05, 0.1) is 17.8 Å². The number of nitrogens with two attached hydrogens (primary N) is 2. The first-order valence-electron chi connectivity index (χ1n) is 7.86. The Kier molecular flexibility index (Phi) is 3.51. The van der Waals surface area contributed by atoms with Crippen LogP contribution in [0.1, 0.15) is 16.7 Å². The molecule has 3 aromatic heterocycles. The van der Waals surface area contributed by atoms with E-state index in [-0.39, 0.29) is 5.95 Å². The Morgan fingerprint density at radius 1 is 1.23 bits per heavy atom. The molecule has 4 rings (SSSR count). The lowest BCUT2D eigenvalue weighted by Gasteiger charge is -2.06. The minimum Gasteiger partial charge on any atom is -0.399 e. The van der Waals surface area contributed by atoms with Gasteiger partial charge in [0.2, 0.25) is 5.95 Å². The lowest BCUT2D eigenvalue weighted by atomic mass is 10.1. The number of benzene rings is 1. The number of aromatic amines is 1. The number of anilines is 2. The van der Waals surface area contributed by atoms with Gasteiger partial charge in [0.1, 0.15) is 11.8 Å². The number of nitrogens with one attached hydrogen (secondary N) is 1. The summed E-state index contributed by atoms with van der Waals surface area (Å²) >= 11 is 0. The summed E-state index contributed by atoms with van der Waals surface area (Å²) in [6.45, 7) is 2.43. The molecule has 0 atom stereocenters. The zero-order valence-electron chi connectivity index (χ0n) is 13.9. The first-order valence-corrected chi connectivity index (χ1v) is 7.86. The molecule has 0 radical (unpaired) electrons. The SMILES string of the molecule is Cc1cc(Cn2nnc3c(-c4cc(C#N)c[nH]4)nc(N)nc32)ccc1N. The van der Waals surface area contributed by atoms with Crippen LogP contribution in [0.5, 0.6) is 0 Å². The van der Waals surface area contributed by atoms with Crippen molar-refractivity contribution < 1.29 is 0 Å². The highest BCUT2D eigenvalue weighted by molar-refractivity contribution is 5.86. The lowest BCUT2D eigenvalue weighted by Crippen LogP contribution is -2.05. The quantitative estimate of drug-likeness (QED) is 0.478. The number of aryl methyl sites for hydroxylation is 1. The summed E-state index contributed by atoms with van der Waals surface area (Å²) in [5.74, 6) is 0.109. The van der Waals surface area contributed by atoms with Crippen molar-refractivity contribution in [3.05, 3.63) is 47.2 Å². The van der Waals surface area contributed by atoms with Crippen LogP contribution in [0.4, 0.5) is 11.6 Å². The molecular formula is C17H15N9. The van der Waals surface area contributed by atoms with E-state index >= 15 is 0 Å². The topological polar surface area (TPSA) is 148 Å². The molecule has 0 saturated carbocycles. The van der Waals surface area contributed by atoms with Crippen LogP contribution in [0, 0.1) is 18.3 Å². The average molecular weight is 345 g/mol. The molecule has 5 N–H and O–H groups in total. The summed E-state index contributed by atoms with van der Waals surface area (Å²) in [6, 6.07) is 9.55. The van der Waals surface area contributed by atoms with Gasteiger partial charge in [0.25, 0.3) is 0 Å². The Hall–Kier alpha value is -3.93. The van der Waals surface area contributed by atoms with Crippen LogP contribution in [-0.4, -0.2) is 29.9 Å². The maximum Gasteiger partial charge on any atom is 0.222 e. The zero-order chi connectivity index (χ0) is 18.3. The predicted molar refractivity (Wildman–Crippen MR) is 96.7 cm³/mol. The van der Waals surface area contributed by atoms with Gasteiger partial charge >= 0.3 is 0 Å². The van der Waals surface area contributed by atoms with Crippen molar-refractivity contribution in [1.29, 1.82) is 5.26 Å². The Labute approximate surface area is 148 Å². The number of nitrogens with zero attached hydrogens (tertiary/aromatic N) is 6. The molecule has 0 saturated heterocycles. The smallest absolute Gasteiger partial charge is 0.222 e. The minimum absolute atomic E-state index is 0.109. The first kappa shape index (κ1) is 15.6. The van der Waals surface area contributed by atoms with Crippen molar-refractivity contribution in [2.75, 3.05) is 11.5 Å². The molecule has 1 aromatic carbocycles. The van der Waals surface area contributed by atoms with E-state index in [9.17, 15) is 0 Å². The average Bonchev–Trinajstić information content (AvgIpc) is 3.25. The van der Waals surface area contributed by atoms with Gasteiger partial charge in [-0.2, -0.15) is 10.2 Å². The van der Waals surface area contributed by atoms with Gasteiger partial charge in [-0.3, -0.25) is 0 Å². The number of nitrogen functional groups attached to an aromatic ring is 2. The van der Waals surface area contributed by atoms with Crippen LogP contribution in [-0.2, 0) is 6.54 Å². The number of rotatable bonds is 3. The van der Waals surface area contributed by atoms with Gasteiger partial charge in [0.15, 0.2) is 11.2 Å². The van der Waals surface area contributed by atoms with Crippen molar-refractivity contribution in [1.82, 2.24) is 29.9 Å². The maximum atomic E-state index is 9.01. The standard InChI is InChI=1S/C17H15N9/c1-9-4-10(2-3-12(9)19)8-26-16-15(24-25-26)14(22-17(20)23-16)13-5-11(6-18)7-21-13/h2-5,7,21H,8,19H2,1H3,(H2,20,22,23). The molecular weight excluding hydrogens is 330 g/mol. The molecule has 26 heavy (non-hydrogen) atoms. The molecule has 3 heterocycles. The highest BCUT2D eigenvalue weighted by Crippen LogP contribution is 2.25. The number of fused-ring (bicyclic) bond motifs is 1. The van der Waals surface area contributed by atoms with Crippen LogP contribution in [0.2, 0.25) is 0 Å². The monoisotopic (exact) mass is 345 g/mol. The molecule has 0 unspecified atom stereocenters. The molecule has 128 valence electrons. The van der Waals surface area contributed by atoms with E-state index in [1.54, 1.807) is 16.9 Å². The maximum absolute atomic E-state index is 9.01. The van der Waals surface area contributed by atoms with Crippen molar-refractivity contribution in [2.24, 2.45) is 0 Å². The zero-order valence-corrected chi connectivity index (χ0v) is 13.9. The highest BCUT2D eigenvalue weighted by atomic mass is 15.4. The van der Waals surface area contributed by atoms with Crippen molar-refractivity contribution in [2.45, 2.75) is 13.5 Å². The van der Waals surface area contributed by atoms with E-state index in [2.05, 4.69) is 31.3 Å². The Morgan fingerprint density at radius 2 is 2.08 bits per heavy atom. The highest BCUT2D eigenvalue weighted by Gasteiger charge is 2.17. The summed E-state index contributed by atoms with van der Waals surface area (Å²) < 4.78 is 1.66. The molecule has 0 bridgehead atoms. The first-order chi connectivity index (χ1) is 12.5. The normalized spacial score (nSPS) is 10.9. The van der Waals surface area contributed by atoms with Gasteiger partial charge in [0, 0.05) is 11.9 Å². The van der Waals surface area contributed by atoms with Crippen LogP contribution in [0.25, 0.3) is 22.6 Å². The fraction of sp³-hybridized carbons (Fsp3) is 0.118.